The molecule has 23 heavy (non-hydrogen) atoms. The third-order valence-corrected chi connectivity index (χ3v) is 4.65. The Kier molecular flexibility index (Phi) is 3.84. The van der Waals surface area contributed by atoms with Gasteiger partial charge in [-0.2, -0.15) is 10.4 Å². The van der Waals surface area contributed by atoms with Gasteiger partial charge in [-0.25, -0.2) is 0 Å². The van der Waals surface area contributed by atoms with Crippen LogP contribution in [-0.2, 0) is 4.79 Å². The Morgan fingerprint density at radius 3 is 2.87 bits per heavy atom. The van der Waals surface area contributed by atoms with Crippen LogP contribution in [0, 0.1) is 16.7 Å². The summed E-state index contributed by atoms with van der Waals surface area (Å²) in [5.41, 5.74) is 0.532. The number of nitrogens with one attached hydrogen (secondary N) is 2. The quantitative estimate of drug-likeness (QED) is 0.876. The van der Waals surface area contributed by atoms with Crippen LogP contribution in [0.5, 0.6) is 0 Å². The van der Waals surface area contributed by atoms with Crippen LogP contribution in [0.4, 0.5) is 0 Å². The first-order valence-corrected chi connectivity index (χ1v) is 8.02. The largest absolute Gasteiger partial charge is 0.350 e. The normalized spacial score (nSPS) is 22.0. The number of amides is 2. The number of likely N-dealkylation sites (tertiary alicyclic amines) is 1. The fraction of sp³-hybridized carbons (Fsp3) is 0.625. The monoisotopic (exact) mass is 317 g/mol. The topological polar surface area (TPSA) is 102 Å². The molecule has 2 amide bonds. The highest BCUT2D eigenvalue weighted by atomic mass is 16.2. The Morgan fingerprint density at radius 1 is 1.57 bits per heavy atom. The molecule has 7 nitrogen and oxygen atoms in total. The van der Waals surface area contributed by atoms with E-state index in [2.05, 4.69) is 21.6 Å². The van der Waals surface area contributed by atoms with E-state index in [0.29, 0.717) is 38.0 Å². The lowest BCUT2D eigenvalue weighted by atomic mass is 10.1. The number of aromatic nitrogens is 2. The van der Waals surface area contributed by atoms with Crippen LogP contribution >= 0.6 is 0 Å². The van der Waals surface area contributed by atoms with Crippen LogP contribution in [0.1, 0.15) is 56.6 Å². The molecule has 1 atom stereocenters. The fourth-order valence-corrected chi connectivity index (χ4v) is 2.80. The summed E-state index contributed by atoms with van der Waals surface area (Å²) >= 11 is 0. The van der Waals surface area contributed by atoms with Crippen molar-refractivity contribution in [2.24, 2.45) is 5.41 Å². The van der Waals surface area contributed by atoms with Crippen LogP contribution in [0.15, 0.2) is 6.07 Å². The van der Waals surface area contributed by atoms with Crippen molar-refractivity contribution in [3.8, 4) is 6.07 Å². The van der Waals surface area contributed by atoms with E-state index in [9.17, 15) is 9.59 Å². The van der Waals surface area contributed by atoms with E-state index in [1.54, 1.807) is 11.0 Å². The molecule has 0 spiro atoms. The molecule has 2 aliphatic rings. The lowest BCUT2D eigenvalue weighted by molar-refractivity contribution is -0.125. The zero-order chi connectivity index (χ0) is 16.6. The maximum Gasteiger partial charge on any atom is 0.274 e. The van der Waals surface area contributed by atoms with Crippen molar-refractivity contribution in [1.29, 1.82) is 5.26 Å². The van der Waals surface area contributed by atoms with E-state index in [1.807, 2.05) is 13.8 Å². The van der Waals surface area contributed by atoms with E-state index >= 15 is 0 Å². The summed E-state index contributed by atoms with van der Waals surface area (Å²) in [7, 11) is 0. The number of hydrogen-bond acceptors (Lipinski definition) is 4. The highest BCUT2D eigenvalue weighted by Gasteiger charge is 2.51. The molecule has 2 N–H and O–H groups in total. The van der Waals surface area contributed by atoms with Crippen molar-refractivity contribution in [1.82, 2.24) is 20.4 Å². The first-order chi connectivity index (χ1) is 10.9. The van der Waals surface area contributed by atoms with Gasteiger partial charge in [0.15, 0.2) is 0 Å². The minimum atomic E-state index is -0.814. The summed E-state index contributed by atoms with van der Waals surface area (Å²) in [6.07, 6.45) is 1.98. The highest BCUT2D eigenvalue weighted by molar-refractivity contribution is 5.93. The average Bonchev–Trinajstić information content (AvgIpc) is 2.97. The second-order valence-electron chi connectivity index (χ2n) is 6.77. The Bertz CT molecular complexity index is 674. The number of carbonyl (C=O) groups is 2. The zero-order valence-corrected chi connectivity index (χ0v) is 13.4. The lowest BCUT2D eigenvalue weighted by Crippen LogP contribution is -2.41. The van der Waals surface area contributed by atoms with Crippen LogP contribution in [-0.4, -0.2) is 46.0 Å². The van der Waals surface area contributed by atoms with Gasteiger partial charge in [0.25, 0.3) is 5.91 Å². The van der Waals surface area contributed by atoms with E-state index < -0.39 is 5.41 Å². The van der Waals surface area contributed by atoms with E-state index in [-0.39, 0.29) is 25.2 Å². The predicted octanol–water partition coefficient (Wildman–Crippen LogP) is 1.41. The van der Waals surface area contributed by atoms with E-state index in [4.69, 9.17) is 5.26 Å². The average molecular weight is 317 g/mol. The van der Waals surface area contributed by atoms with Crippen molar-refractivity contribution in [2.75, 3.05) is 13.1 Å². The number of carbonyl (C=O) groups excluding carboxylic acids is 2. The fourth-order valence-electron chi connectivity index (χ4n) is 2.80. The van der Waals surface area contributed by atoms with Gasteiger partial charge in [0.2, 0.25) is 5.91 Å². The summed E-state index contributed by atoms with van der Waals surface area (Å²) in [6.45, 7) is 5.13. The smallest absolute Gasteiger partial charge is 0.274 e. The van der Waals surface area contributed by atoms with E-state index in [1.165, 1.54) is 0 Å². The molecule has 0 unspecified atom stereocenters. The molecule has 1 aliphatic carbocycles. The molecular weight excluding hydrogens is 294 g/mol. The van der Waals surface area contributed by atoms with Crippen LogP contribution < -0.4 is 5.32 Å². The molecule has 1 aromatic heterocycles. The SMILES string of the molecule is CC(C)c1cc(C(=O)N2CC[C@@H](NC(=O)C3(C#N)CC3)C2)n[nH]1.[HH]. The molecule has 7 heteroatoms. The number of H-pyrrole nitrogens is 1. The predicted molar refractivity (Wildman–Crippen MR) is 84.5 cm³/mol. The number of nitriles is 1. The molecular formula is C16H23N5O2. The van der Waals surface area contributed by atoms with Gasteiger partial charge in [0.05, 0.1) is 6.07 Å². The van der Waals surface area contributed by atoms with Crippen molar-refractivity contribution >= 4 is 11.8 Å². The van der Waals surface area contributed by atoms with Gasteiger partial charge in [-0.1, -0.05) is 13.8 Å². The van der Waals surface area contributed by atoms with Crippen LogP contribution in [0.2, 0.25) is 0 Å². The standard InChI is InChI=1S/C16H21N5O2.H2/c1-10(2)12-7-13(20-19-12)14(22)21-6-3-11(8-21)18-15(23)16(9-17)4-5-16;/h7,10-11H,3-6,8H2,1-2H3,(H,18,23)(H,19,20);1H/t11-;/m1./s1. The van der Waals surface area contributed by atoms with E-state index in [0.717, 1.165) is 5.69 Å². The van der Waals surface area contributed by atoms with Crippen molar-refractivity contribution in [3.05, 3.63) is 17.5 Å². The highest BCUT2D eigenvalue weighted by Crippen LogP contribution is 2.45. The molecule has 3 rings (SSSR count). The minimum Gasteiger partial charge on any atom is -0.350 e. The maximum atomic E-state index is 12.5. The molecule has 0 bridgehead atoms. The third-order valence-electron chi connectivity index (χ3n) is 4.65. The first kappa shape index (κ1) is 15.5. The summed E-state index contributed by atoms with van der Waals surface area (Å²) in [6, 6.07) is 3.80. The molecule has 1 aromatic rings. The van der Waals surface area contributed by atoms with Gasteiger partial charge in [0.1, 0.15) is 11.1 Å². The molecule has 0 radical (unpaired) electrons. The second-order valence-corrected chi connectivity index (χ2v) is 6.77. The zero-order valence-electron chi connectivity index (χ0n) is 13.4. The molecule has 2 heterocycles. The molecule has 0 aromatic carbocycles. The first-order valence-electron chi connectivity index (χ1n) is 8.02. The van der Waals surface area contributed by atoms with Gasteiger partial charge in [-0.15, -0.1) is 0 Å². The van der Waals surface area contributed by atoms with Crippen LogP contribution in [0.3, 0.4) is 0 Å². The minimum absolute atomic E-state index is 0. The van der Waals surface area contributed by atoms with Gasteiger partial charge in [0, 0.05) is 26.3 Å². The number of nitrogens with zero attached hydrogens (tertiary/aromatic N) is 3. The molecule has 1 saturated carbocycles. The number of rotatable bonds is 4. The second kappa shape index (κ2) is 5.69. The van der Waals surface area contributed by atoms with Crippen molar-refractivity contribution in [3.63, 3.8) is 0 Å². The van der Waals surface area contributed by atoms with Crippen molar-refractivity contribution in [2.45, 2.75) is 45.1 Å². The summed E-state index contributed by atoms with van der Waals surface area (Å²) in [5, 5.41) is 18.9. The van der Waals surface area contributed by atoms with Gasteiger partial charge in [-0.05, 0) is 31.2 Å². The third kappa shape index (κ3) is 2.93. The molecule has 124 valence electrons. The number of aromatic amines is 1. The Hall–Kier alpha value is -2.36. The van der Waals surface area contributed by atoms with Gasteiger partial charge in [-0.3, -0.25) is 14.7 Å². The summed E-state index contributed by atoms with van der Waals surface area (Å²) in [4.78, 5) is 26.2. The van der Waals surface area contributed by atoms with Gasteiger partial charge >= 0.3 is 0 Å². The van der Waals surface area contributed by atoms with Crippen LogP contribution in [0.25, 0.3) is 0 Å². The maximum absolute atomic E-state index is 12.5. The Morgan fingerprint density at radius 2 is 2.30 bits per heavy atom. The molecule has 1 aliphatic heterocycles. The Balaban J connectivity index is 0.00000208. The molecule has 2 fully saturated rings. The van der Waals surface area contributed by atoms with Gasteiger partial charge < -0.3 is 10.2 Å². The Labute approximate surface area is 136 Å². The van der Waals surface area contributed by atoms with Crippen molar-refractivity contribution < 1.29 is 11.0 Å². The molecule has 1 saturated heterocycles. The summed E-state index contributed by atoms with van der Waals surface area (Å²) in [5.74, 6) is -0.0251. The summed E-state index contributed by atoms with van der Waals surface area (Å²) < 4.78 is 0. The number of hydrogen-bond donors (Lipinski definition) is 2. The lowest BCUT2D eigenvalue weighted by Gasteiger charge is -2.17.